The molecule has 1 rings (SSSR count). The smallest absolute Gasteiger partial charge is 0.354 e. The number of nitrogens with zero attached hydrogens (tertiary/aromatic N) is 1. The summed E-state index contributed by atoms with van der Waals surface area (Å²) in [6.07, 6.45) is 1.40. The molecule has 92 valence electrons. The van der Waals surface area contributed by atoms with E-state index >= 15 is 0 Å². The van der Waals surface area contributed by atoms with Crippen molar-refractivity contribution in [3.05, 3.63) is 24.0 Å². The largest absolute Gasteiger partial charge is 0.481 e. The maximum absolute atomic E-state index is 10.9. The lowest BCUT2D eigenvalue weighted by atomic mass is 9.97. The van der Waals surface area contributed by atoms with Crippen LogP contribution in [0.15, 0.2) is 23.2 Å². The molecule has 0 atom stereocenters. The molecule has 0 unspecified atom stereocenters. The summed E-state index contributed by atoms with van der Waals surface area (Å²) in [6, 6.07) is 3.10. The molecule has 1 aromatic heterocycles. The molecule has 17 heavy (non-hydrogen) atoms. The molecule has 0 aliphatic heterocycles. The highest BCUT2D eigenvalue weighted by molar-refractivity contribution is 7.99. The topological polar surface area (TPSA) is 87.5 Å². The Bertz CT molecular complexity index is 445. The van der Waals surface area contributed by atoms with Crippen LogP contribution < -0.4 is 0 Å². The molecule has 0 spiro atoms. The summed E-state index contributed by atoms with van der Waals surface area (Å²) in [7, 11) is 0. The van der Waals surface area contributed by atoms with Gasteiger partial charge in [-0.05, 0) is 26.0 Å². The Hall–Kier alpha value is -1.56. The van der Waals surface area contributed by atoms with Gasteiger partial charge >= 0.3 is 11.9 Å². The van der Waals surface area contributed by atoms with E-state index < -0.39 is 17.4 Å². The highest BCUT2D eigenvalue weighted by Crippen LogP contribution is 2.27. The molecule has 0 fully saturated rings. The van der Waals surface area contributed by atoms with Crippen LogP contribution in [0.3, 0.4) is 0 Å². The molecule has 0 radical (unpaired) electrons. The molecular weight excluding hydrogens is 242 g/mol. The van der Waals surface area contributed by atoms with E-state index in [1.807, 2.05) is 0 Å². The summed E-state index contributed by atoms with van der Waals surface area (Å²) in [5.41, 5.74) is -0.889. The number of aliphatic carboxylic acids is 1. The monoisotopic (exact) mass is 255 g/mol. The lowest BCUT2D eigenvalue weighted by Gasteiger charge is -2.18. The Labute approximate surface area is 103 Å². The minimum atomic E-state index is -1.09. The first-order chi connectivity index (χ1) is 7.83. The lowest BCUT2D eigenvalue weighted by Crippen LogP contribution is -2.26. The first-order valence-electron chi connectivity index (χ1n) is 4.88. The fourth-order valence-corrected chi connectivity index (χ4v) is 1.95. The second-order valence-corrected chi connectivity index (χ2v) is 5.21. The summed E-state index contributed by atoms with van der Waals surface area (Å²) >= 11 is 1.30. The van der Waals surface area contributed by atoms with Gasteiger partial charge in [0, 0.05) is 16.8 Å². The third-order valence-corrected chi connectivity index (χ3v) is 3.58. The highest BCUT2D eigenvalue weighted by Gasteiger charge is 2.27. The first kappa shape index (κ1) is 13.5. The lowest BCUT2D eigenvalue weighted by molar-refractivity contribution is -0.145. The Morgan fingerprint density at radius 2 is 2.06 bits per heavy atom. The molecule has 6 heteroatoms. The number of carbonyl (C=O) groups is 2. The van der Waals surface area contributed by atoms with Gasteiger partial charge in [0.15, 0.2) is 0 Å². The summed E-state index contributed by atoms with van der Waals surface area (Å²) in [5, 5.41) is 17.7. The van der Waals surface area contributed by atoms with E-state index in [1.54, 1.807) is 19.9 Å². The number of aromatic carboxylic acids is 1. The quantitative estimate of drug-likeness (QED) is 0.782. The van der Waals surface area contributed by atoms with Crippen molar-refractivity contribution in [2.75, 3.05) is 5.75 Å². The molecule has 0 bridgehead atoms. The van der Waals surface area contributed by atoms with Crippen molar-refractivity contribution >= 4 is 23.7 Å². The van der Waals surface area contributed by atoms with Gasteiger partial charge in [-0.3, -0.25) is 4.79 Å². The summed E-state index contributed by atoms with van der Waals surface area (Å²) in [6.45, 7) is 3.25. The summed E-state index contributed by atoms with van der Waals surface area (Å²) in [4.78, 5) is 26.0. The van der Waals surface area contributed by atoms with Crippen LogP contribution in [-0.2, 0) is 4.79 Å². The third kappa shape index (κ3) is 3.74. The van der Waals surface area contributed by atoms with Gasteiger partial charge in [0.2, 0.25) is 0 Å². The number of thioether (sulfide) groups is 1. The van der Waals surface area contributed by atoms with Crippen molar-refractivity contribution in [2.45, 2.75) is 18.7 Å². The molecule has 0 amide bonds. The Kier molecular flexibility index (Phi) is 4.11. The normalized spacial score (nSPS) is 11.2. The number of hydrogen-bond acceptors (Lipinski definition) is 4. The van der Waals surface area contributed by atoms with Crippen LogP contribution in [0, 0.1) is 5.41 Å². The van der Waals surface area contributed by atoms with Gasteiger partial charge in [0.05, 0.1) is 5.41 Å². The molecule has 0 aliphatic rings. The van der Waals surface area contributed by atoms with Gasteiger partial charge in [-0.1, -0.05) is 0 Å². The number of pyridine rings is 1. The Balaban J connectivity index is 2.73. The van der Waals surface area contributed by atoms with Crippen molar-refractivity contribution in [3.63, 3.8) is 0 Å². The second kappa shape index (κ2) is 5.18. The summed E-state index contributed by atoms with van der Waals surface area (Å²) in [5.74, 6) is -1.60. The van der Waals surface area contributed by atoms with E-state index in [0.29, 0.717) is 10.6 Å². The minimum absolute atomic E-state index is 0.0388. The molecule has 1 heterocycles. The summed E-state index contributed by atoms with van der Waals surface area (Å²) < 4.78 is 0. The molecule has 2 N–H and O–H groups in total. The molecule has 0 aromatic carbocycles. The van der Waals surface area contributed by atoms with Crippen LogP contribution in [0.5, 0.6) is 0 Å². The molecule has 1 aromatic rings. The fourth-order valence-electron chi connectivity index (χ4n) is 0.943. The van der Waals surface area contributed by atoms with E-state index in [1.165, 1.54) is 24.0 Å². The Morgan fingerprint density at radius 1 is 1.41 bits per heavy atom. The number of hydrogen-bond donors (Lipinski definition) is 2. The van der Waals surface area contributed by atoms with Gasteiger partial charge in [-0.25, -0.2) is 9.78 Å². The predicted octanol–water partition coefficient (Wildman–Crippen LogP) is 1.98. The van der Waals surface area contributed by atoms with Crippen LogP contribution in [0.2, 0.25) is 0 Å². The molecule has 5 nitrogen and oxygen atoms in total. The van der Waals surface area contributed by atoms with Crippen LogP contribution in [0.1, 0.15) is 24.3 Å². The van der Waals surface area contributed by atoms with Crippen molar-refractivity contribution in [1.29, 1.82) is 0 Å². The number of carboxylic acids is 2. The van der Waals surface area contributed by atoms with E-state index in [-0.39, 0.29) is 5.69 Å². The zero-order chi connectivity index (χ0) is 13.1. The average Bonchev–Trinajstić information content (AvgIpc) is 2.26. The molecule has 0 saturated heterocycles. The first-order valence-corrected chi connectivity index (χ1v) is 5.87. The highest BCUT2D eigenvalue weighted by atomic mass is 32.2. The predicted molar refractivity (Wildman–Crippen MR) is 63.3 cm³/mol. The van der Waals surface area contributed by atoms with Gasteiger partial charge in [-0.2, -0.15) is 0 Å². The number of rotatable bonds is 5. The average molecular weight is 255 g/mol. The van der Waals surface area contributed by atoms with Gasteiger partial charge in [0.1, 0.15) is 5.69 Å². The van der Waals surface area contributed by atoms with E-state index in [4.69, 9.17) is 10.2 Å². The van der Waals surface area contributed by atoms with Crippen molar-refractivity contribution in [2.24, 2.45) is 5.41 Å². The Morgan fingerprint density at radius 3 is 2.59 bits per heavy atom. The van der Waals surface area contributed by atoms with E-state index in [9.17, 15) is 9.59 Å². The van der Waals surface area contributed by atoms with Crippen LogP contribution in [0.25, 0.3) is 0 Å². The van der Waals surface area contributed by atoms with E-state index in [0.717, 1.165) is 0 Å². The molecular formula is C11H13NO4S. The number of carboxylic acid groups (broad SMARTS) is 2. The van der Waals surface area contributed by atoms with Gasteiger partial charge in [-0.15, -0.1) is 11.8 Å². The number of aromatic nitrogens is 1. The van der Waals surface area contributed by atoms with Crippen molar-refractivity contribution < 1.29 is 19.8 Å². The van der Waals surface area contributed by atoms with Crippen LogP contribution >= 0.6 is 11.8 Å². The van der Waals surface area contributed by atoms with Crippen LogP contribution in [-0.4, -0.2) is 32.9 Å². The van der Waals surface area contributed by atoms with Gasteiger partial charge in [0.25, 0.3) is 0 Å². The van der Waals surface area contributed by atoms with Crippen molar-refractivity contribution in [1.82, 2.24) is 4.98 Å². The zero-order valence-electron chi connectivity index (χ0n) is 9.51. The third-order valence-electron chi connectivity index (χ3n) is 2.13. The minimum Gasteiger partial charge on any atom is -0.481 e. The second-order valence-electron chi connectivity index (χ2n) is 4.16. The van der Waals surface area contributed by atoms with Crippen LogP contribution in [0.4, 0.5) is 0 Å². The van der Waals surface area contributed by atoms with E-state index in [2.05, 4.69) is 4.98 Å². The standard InChI is InChI=1S/C11H13NO4S/c1-11(2,10(15)16)6-17-7-3-4-12-8(5-7)9(13)14/h3-5H,6H2,1-2H3,(H,13,14)(H,15,16). The molecule has 0 saturated carbocycles. The van der Waals surface area contributed by atoms with Gasteiger partial charge < -0.3 is 10.2 Å². The molecule has 0 aliphatic carbocycles. The maximum Gasteiger partial charge on any atom is 0.354 e. The zero-order valence-corrected chi connectivity index (χ0v) is 10.3. The maximum atomic E-state index is 10.9. The fraction of sp³-hybridized carbons (Fsp3) is 0.364. The van der Waals surface area contributed by atoms with Crippen molar-refractivity contribution in [3.8, 4) is 0 Å². The SMILES string of the molecule is CC(C)(CSc1ccnc(C(=O)O)c1)C(=O)O.